The lowest BCUT2D eigenvalue weighted by molar-refractivity contribution is -0.128. The van der Waals surface area contributed by atoms with Crippen molar-refractivity contribution in [2.24, 2.45) is 5.73 Å². The summed E-state index contributed by atoms with van der Waals surface area (Å²) >= 11 is 0. The van der Waals surface area contributed by atoms with E-state index in [0.29, 0.717) is 25.1 Å². The molecule has 0 unspecified atom stereocenters. The molecule has 1 aromatic carbocycles. The Morgan fingerprint density at radius 2 is 1.91 bits per heavy atom. The molecule has 2 saturated heterocycles. The predicted octanol–water partition coefficient (Wildman–Crippen LogP) is 1.76. The van der Waals surface area contributed by atoms with Crippen LogP contribution >= 0.6 is 0 Å². The summed E-state index contributed by atoms with van der Waals surface area (Å²) in [6.07, 6.45) is 4.81. The lowest BCUT2D eigenvalue weighted by atomic mass is 10.0. The molecule has 5 heteroatoms. The highest BCUT2D eigenvalue weighted by Gasteiger charge is 2.26. The standard InChI is InChI=1S/C18H25N3O2/c19-12-16-4-1-2-11-21(16)18(23)15-8-6-14(7-9-15)13-20-10-3-5-17(20)22/h6-9,16H,1-5,10-13,19H2/t16-/m1/s1. The predicted molar refractivity (Wildman–Crippen MR) is 88.8 cm³/mol. The number of nitrogens with two attached hydrogens (primary N) is 1. The normalized spacial score (nSPS) is 21.8. The number of hydrogen-bond donors (Lipinski definition) is 1. The van der Waals surface area contributed by atoms with Crippen LogP contribution in [0.3, 0.4) is 0 Å². The Kier molecular flexibility index (Phi) is 4.96. The third kappa shape index (κ3) is 3.55. The van der Waals surface area contributed by atoms with E-state index in [2.05, 4.69) is 0 Å². The van der Waals surface area contributed by atoms with Crippen LogP contribution in [0.25, 0.3) is 0 Å². The summed E-state index contributed by atoms with van der Waals surface area (Å²) in [5.74, 6) is 0.299. The van der Waals surface area contributed by atoms with E-state index in [4.69, 9.17) is 5.73 Å². The largest absolute Gasteiger partial charge is 0.338 e. The molecule has 0 radical (unpaired) electrons. The number of benzene rings is 1. The molecular weight excluding hydrogens is 290 g/mol. The average Bonchev–Trinajstić information content (AvgIpc) is 3.00. The Balaban J connectivity index is 1.66. The molecule has 2 aliphatic rings. The zero-order chi connectivity index (χ0) is 16.2. The Bertz CT molecular complexity index is 570. The van der Waals surface area contributed by atoms with E-state index in [9.17, 15) is 9.59 Å². The molecule has 1 atom stereocenters. The minimum atomic E-state index is 0.0731. The van der Waals surface area contributed by atoms with Crippen molar-refractivity contribution in [2.45, 2.75) is 44.7 Å². The van der Waals surface area contributed by atoms with Crippen molar-refractivity contribution in [2.75, 3.05) is 19.6 Å². The van der Waals surface area contributed by atoms with Gasteiger partial charge in [0.1, 0.15) is 0 Å². The summed E-state index contributed by atoms with van der Waals surface area (Å²) in [7, 11) is 0. The van der Waals surface area contributed by atoms with Gasteiger partial charge in [-0.1, -0.05) is 12.1 Å². The molecule has 2 amide bonds. The molecule has 2 aliphatic heterocycles. The average molecular weight is 315 g/mol. The minimum Gasteiger partial charge on any atom is -0.338 e. The first-order valence-electron chi connectivity index (χ1n) is 8.57. The lowest BCUT2D eigenvalue weighted by Gasteiger charge is -2.35. The zero-order valence-electron chi connectivity index (χ0n) is 13.5. The fourth-order valence-electron chi connectivity index (χ4n) is 3.52. The second-order valence-electron chi connectivity index (χ2n) is 6.50. The van der Waals surface area contributed by atoms with Crippen molar-refractivity contribution >= 4 is 11.8 Å². The topological polar surface area (TPSA) is 66.6 Å². The number of piperidine rings is 1. The number of nitrogens with zero attached hydrogens (tertiary/aromatic N) is 2. The van der Waals surface area contributed by atoms with E-state index < -0.39 is 0 Å². The van der Waals surface area contributed by atoms with Gasteiger partial charge < -0.3 is 15.5 Å². The maximum absolute atomic E-state index is 12.7. The van der Waals surface area contributed by atoms with Gasteiger partial charge in [0.15, 0.2) is 0 Å². The van der Waals surface area contributed by atoms with E-state index in [-0.39, 0.29) is 17.9 Å². The first kappa shape index (κ1) is 16.0. The second-order valence-corrected chi connectivity index (χ2v) is 6.50. The van der Waals surface area contributed by atoms with Crippen molar-refractivity contribution in [3.8, 4) is 0 Å². The van der Waals surface area contributed by atoms with Gasteiger partial charge in [0.05, 0.1) is 0 Å². The number of carbonyl (C=O) groups is 2. The number of rotatable bonds is 4. The van der Waals surface area contributed by atoms with Crippen LogP contribution in [0.4, 0.5) is 0 Å². The quantitative estimate of drug-likeness (QED) is 0.920. The third-order valence-corrected chi connectivity index (χ3v) is 4.91. The molecule has 2 heterocycles. The molecule has 124 valence electrons. The second kappa shape index (κ2) is 7.13. The molecule has 0 bridgehead atoms. The van der Waals surface area contributed by atoms with Gasteiger partial charge in [-0.3, -0.25) is 9.59 Å². The minimum absolute atomic E-state index is 0.0731. The molecule has 0 spiro atoms. The van der Waals surface area contributed by atoms with E-state index in [1.807, 2.05) is 34.1 Å². The summed E-state index contributed by atoms with van der Waals surface area (Å²) in [5, 5.41) is 0. The Labute approximate surface area is 137 Å². The van der Waals surface area contributed by atoms with Gasteiger partial charge in [-0.25, -0.2) is 0 Å². The van der Waals surface area contributed by atoms with Gasteiger partial charge in [0.25, 0.3) is 5.91 Å². The zero-order valence-corrected chi connectivity index (χ0v) is 13.5. The van der Waals surface area contributed by atoms with Crippen LogP contribution in [0, 0.1) is 0 Å². The first-order chi connectivity index (χ1) is 11.2. The summed E-state index contributed by atoms with van der Waals surface area (Å²) in [5.41, 5.74) is 7.59. The van der Waals surface area contributed by atoms with Crippen LogP contribution in [0.15, 0.2) is 24.3 Å². The van der Waals surface area contributed by atoms with Crippen LogP contribution in [0.2, 0.25) is 0 Å². The first-order valence-corrected chi connectivity index (χ1v) is 8.57. The van der Waals surface area contributed by atoms with Gasteiger partial charge in [-0.15, -0.1) is 0 Å². The Morgan fingerprint density at radius 3 is 2.57 bits per heavy atom. The van der Waals surface area contributed by atoms with Gasteiger partial charge >= 0.3 is 0 Å². The van der Waals surface area contributed by atoms with E-state index in [1.165, 1.54) is 0 Å². The maximum Gasteiger partial charge on any atom is 0.254 e. The summed E-state index contributed by atoms with van der Waals surface area (Å²) < 4.78 is 0. The summed E-state index contributed by atoms with van der Waals surface area (Å²) in [6, 6.07) is 7.83. The molecular formula is C18H25N3O2. The van der Waals surface area contributed by atoms with Gasteiger partial charge in [-0.05, 0) is 43.4 Å². The molecule has 2 fully saturated rings. The SMILES string of the molecule is NC[C@H]1CCCCN1C(=O)c1ccc(CN2CCCC2=O)cc1. The lowest BCUT2D eigenvalue weighted by Crippen LogP contribution is -2.47. The smallest absolute Gasteiger partial charge is 0.254 e. The fraction of sp³-hybridized carbons (Fsp3) is 0.556. The van der Waals surface area contributed by atoms with Crippen LogP contribution in [-0.2, 0) is 11.3 Å². The number of likely N-dealkylation sites (tertiary alicyclic amines) is 2. The highest BCUT2D eigenvalue weighted by molar-refractivity contribution is 5.94. The number of amides is 2. The fourth-order valence-corrected chi connectivity index (χ4v) is 3.52. The van der Waals surface area contributed by atoms with Crippen molar-refractivity contribution in [3.63, 3.8) is 0 Å². The van der Waals surface area contributed by atoms with Gasteiger partial charge in [-0.2, -0.15) is 0 Å². The van der Waals surface area contributed by atoms with Crippen molar-refractivity contribution < 1.29 is 9.59 Å². The van der Waals surface area contributed by atoms with Crippen molar-refractivity contribution in [1.82, 2.24) is 9.80 Å². The van der Waals surface area contributed by atoms with Gasteiger partial charge in [0, 0.05) is 44.2 Å². The molecule has 23 heavy (non-hydrogen) atoms. The highest BCUT2D eigenvalue weighted by atomic mass is 16.2. The molecule has 3 rings (SSSR count). The van der Waals surface area contributed by atoms with Crippen molar-refractivity contribution in [3.05, 3.63) is 35.4 Å². The van der Waals surface area contributed by atoms with Crippen LogP contribution in [-0.4, -0.2) is 47.3 Å². The highest BCUT2D eigenvalue weighted by Crippen LogP contribution is 2.20. The van der Waals surface area contributed by atoms with Crippen LogP contribution in [0.5, 0.6) is 0 Å². The summed E-state index contributed by atoms with van der Waals surface area (Å²) in [6.45, 7) is 2.81. The molecule has 5 nitrogen and oxygen atoms in total. The van der Waals surface area contributed by atoms with Gasteiger partial charge in [0.2, 0.25) is 5.91 Å². The van der Waals surface area contributed by atoms with Crippen molar-refractivity contribution in [1.29, 1.82) is 0 Å². The monoisotopic (exact) mass is 315 g/mol. The molecule has 2 N–H and O–H groups in total. The van der Waals surface area contributed by atoms with E-state index >= 15 is 0 Å². The Hall–Kier alpha value is -1.88. The van der Waals surface area contributed by atoms with E-state index in [0.717, 1.165) is 44.3 Å². The molecule has 1 aromatic rings. The van der Waals surface area contributed by atoms with Crippen LogP contribution in [0.1, 0.15) is 48.0 Å². The molecule has 0 aromatic heterocycles. The Morgan fingerprint density at radius 1 is 1.13 bits per heavy atom. The summed E-state index contributed by atoms with van der Waals surface area (Å²) in [4.78, 5) is 28.2. The third-order valence-electron chi connectivity index (χ3n) is 4.91. The van der Waals surface area contributed by atoms with E-state index in [1.54, 1.807) is 0 Å². The number of carbonyl (C=O) groups excluding carboxylic acids is 2. The maximum atomic E-state index is 12.7. The number of hydrogen-bond acceptors (Lipinski definition) is 3. The molecule has 0 saturated carbocycles. The van der Waals surface area contributed by atoms with Crippen LogP contribution < -0.4 is 5.73 Å². The molecule has 0 aliphatic carbocycles.